The van der Waals surface area contributed by atoms with Crippen LogP contribution in [0.5, 0.6) is 11.5 Å². The number of amides is 1. The Morgan fingerprint density at radius 1 is 1.12 bits per heavy atom. The van der Waals surface area contributed by atoms with Gasteiger partial charge < -0.3 is 20.3 Å². The zero-order chi connectivity index (χ0) is 18.3. The van der Waals surface area contributed by atoms with Gasteiger partial charge in [-0.2, -0.15) is 0 Å². The average molecular weight is 351 g/mol. The largest absolute Gasteiger partial charge is 0.508 e. The van der Waals surface area contributed by atoms with Crippen molar-refractivity contribution in [3.8, 4) is 11.5 Å². The van der Waals surface area contributed by atoms with E-state index in [1.54, 1.807) is 6.07 Å². The van der Waals surface area contributed by atoms with Gasteiger partial charge in [-0.3, -0.25) is 4.79 Å². The number of aromatic hydroxyl groups is 1. The second-order valence-electron chi connectivity index (χ2n) is 6.33. The summed E-state index contributed by atoms with van der Waals surface area (Å²) in [5, 5.41) is 21.3. The van der Waals surface area contributed by atoms with Crippen LogP contribution < -0.4 is 10.1 Å². The number of carbonyl (C=O) groups excluding carboxylic acids is 1. The first-order chi connectivity index (χ1) is 12.2. The van der Waals surface area contributed by atoms with Crippen LogP contribution in [0.15, 0.2) is 18.2 Å². The van der Waals surface area contributed by atoms with Crippen LogP contribution in [-0.4, -0.2) is 35.9 Å². The summed E-state index contributed by atoms with van der Waals surface area (Å²) < 4.78 is 5.66. The van der Waals surface area contributed by atoms with Crippen LogP contribution >= 0.6 is 0 Å². The molecule has 1 aromatic carbocycles. The Bertz CT molecular complexity index is 491. The normalized spacial score (nSPS) is 10.6. The van der Waals surface area contributed by atoms with Gasteiger partial charge in [0, 0.05) is 19.0 Å². The average Bonchev–Trinajstić information content (AvgIpc) is 2.61. The fourth-order valence-electron chi connectivity index (χ4n) is 2.63. The van der Waals surface area contributed by atoms with Crippen LogP contribution in [0, 0.1) is 0 Å². The van der Waals surface area contributed by atoms with Gasteiger partial charge in [-0.1, -0.05) is 32.3 Å². The smallest absolute Gasteiger partial charge is 0.220 e. The van der Waals surface area contributed by atoms with Crippen LogP contribution in [0.4, 0.5) is 0 Å². The van der Waals surface area contributed by atoms with E-state index in [1.807, 2.05) is 12.1 Å². The Kier molecular flexibility index (Phi) is 11.5. The molecule has 0 aliphatic carbocycles. The van der Waals surface area contributed by atoms with Crippen LogP contribution in [0.2, 0.25) is 0 Å². The summed E-state index contributed by atoms with van der Waals surface area (Å²) in [6.07, 6.45) is 8.73. The predicted octanol–water partition coefficient (Wildman–Crippen LogP) is 3.56. The minimum absolute atomic E-state index is 0.0191. The van der Waals surface area contributed by atoms with Crippen LogP contribution in [-0.2, 0) is 11.2 Å². The summed E-state index contributed by atoms with van der Waals surface area (Å²) >= 11 is 0. The molecule has 1 amide bonds. The number of carbonyl (C=O) groups is 1. The van der Waals surface area contributed by atoms with E-state index in [4.69, 9.17) is 9.84 Å². The quantitative estimate of drug-likeness (QED) is 0.448. The van der Waals surface area contributed by atoms with E-state index in [2.05, 4.69) is 12.2 Å². The first-order valence-electron chi connectivity index (χ1n) is 9.49. The van der Waals surface area contributed by atoms with Crippen LogP contribution in [0.3, 0.4) is 0 Å². The molecule has 0 heterocycles. The Morgan fingerprint density at radius 3 is 2.64 bits per heavy atom. The molecule has 1 rings (SSSR count). The Labute approximate surface area is 151 Å². The fraction of sp³-hybridized carbons (Fsp3) is 0.650. The van der Waals surface area contributed by atoms with Gasteiger partial charge >= 0.3 is 0 Å². The lowest BCUT2D eigenvalue weighted by Gasteiger charge is -2.09. The van der Waals surface area contributed by atoms with E-state index in [0.717, 1.165) is 37.7 Å². The molecule has 0 saturated carbocycles. The van der Waals surface area contributed by atoms with Gasteiger partial charge in [-0.05, 0) is 43.7 Å². The van der Waals surface area contributed by atoms with E-state index >= 15 is 0 Å². The van der Waals surface area contributed by atoms with Gasteiger partial charge in [-0.15, -0.1) is 0 Å². The van der Waals surface area contributed by atoms with Gasteiger partial charge in [0.15, 0.2) is 0 Å². The van der Waals surface area contributed by atoms with E-state index in [9.17, 15) is 9.90 Å². The van der Waals surface area contributed by atoms with Gasteiger partial charge in [0.1, 0.15) is 11.5 Å². The minimum Gasteiger partial charge on any atom is -0.508 e. The van der Waals surface area contributed by atoms with E-state index < -0.39 is 0 Å². The number of aliphatic hydroxyl groups is 1. The molecule has 0 aromatic heterocycles. The topological polar surface area (TPSA) is 78.8 Å². The highest BCUT2D eigenvalue weighted by molar-refractivity contribution is 5.75. The van der Waals surface area contributed by atoms with Crippen molar-refractivity contribution in [1.82, 2.24) is 5.32 Å². The molecule has 0 fully saturated rings. The number of phenolic OH excluding ortho intramolecular Hbond substituents is 1. The minimum atomic E-state index is -0.0239. The monoisotopic (exact) mass is 351 g/mol. The summed E-state index contributed by atoms with van der Waals surface area (Å²) in [5.74, 6) is 0.986. The molecule has 0 radical (unpaired) electrons. The van der Waals surface area contributed by atoms with Crippen LogP contribution in [0.1, 0.15) is 63.9 Å². The van der Waals surface area contributed by atoms with Gasteiger partial charge in [0.25, 0.3) is 0 Å². The van der Waals surface area contributed by atoms with Gasteiger partial charge in [-0.25, -0.2) is 0 Å². The van der Waals surface area contributed by atoms with Gasteiger partial charge in [0.2, 0.25) is 5.91 Å². The molecule has 0 spiro atoms. The molecule has 5 nitrogen and oxygen atoms in total. The molecule has 0 bridgehead atoms. The molecule has 25 heavy (non-hydrogen) atoms. The number of nitrogens with one attached hydrogen (secondary N) is 1. The Morgan fingerprint density at radius 2 is 1.92 bits per heavy atom. The molecule has 142 valence electrons. The maximum absolute atomic E-state index is 11.4. The molecule has 0 unspecified atom stereocenters. The molecule has 0 aliphatic heterocycles. The second kappa shape index (κ2) is 13.5. The third-order valence-corrected chi connectivity index (χ3v) is 4.11. The summed E-state index contributed by atoms with van der Waals surface area (Å²) in [6.45, 7) is 3.06. The number of unbranched alkanes of at least 4 members (excludes halogenated alkanes) is 5. The molecule has 0 aliphatic rings. The Balaban J connectivity index is 2.16. The number of hydrogen-bond acceptors (Lipinski definition) is 4. The predicted molar refractivity (Wildman–Crippen MR) is 100 cm³/mol. The lowest BCUT2D eigenvalue weighted by atomic mass is 10.1. The SMILES string of the molecule is CCCCCCc1ccc(OCCCCCC(=O)NCCO)cc1O. The maximum atomic E-state index is 11.4. The number of aliphatic hydroxyl groups excluding tert-OH is 1. The number of rotatable bonds is 14. The summed E-state index contributed by atoms with van der Waals surface area (Å²) in [7, 11) is 0. The number of phenols is 1. The van der Waals surface area contributed by atoms with E-state index in [0.29, 0.717) is 31.1 Å². The molecule has 5 heteroatoms. The highest BCUT2D eigenvalue weighted by Crippen LogP contribution is 2.25. The maximum Gasteiger partial charge on any atom is 0.220 e. The first kappa shape index (κ1) is 21.3. The molecular formula is C20H33NO4. The summed E-state index contributed by atoms with van der Waals surface area (Å²) in [4.78, 5) is 11.4. The highest BCUT2D eigenvalue weighted by atomic mass is 16.5. The molecule has 0 atom stereocenters. The number of ether oxygens (including phenoxy) is 1. The number of aryl methyl sites for hydroxylation is 1. The lowest BCUT2D eigenvalue weighted by Crippen LogP contribution is -2.25. The second-order valence-corrected chi connectivity index (χ2v) is 6.33. The van der Waals surface area contributed by atoms with Crippen molar-refractivity contribution in [2.24, 2.45) is 0 Å². The molecule has 0 saturated heterocycles. The van der Waals surface area contributed by atoms with Crippen molar-refractivity contribution in [2.75, 3.05) is 19.8 Å². The zero-order valence-corrected chi connectivity index (χ0v) is 15.4. The van der Waals surface area contributed by atoms with E-state index in [-0.39, 0.29) is 12.5 Å². The van der Waals surface area contributed by atoms with Crippen LogP contribution in [0.25, 0.3) is 0 Å². The van der Waals surface area contributed by atoms with Crippen molar-refractivity contribution in [1.29, 1.82) is 0 Å². The third-order valence-electron chi connectivity index (χ3n) is 4.11. The number of hydrogen-bond donors (Lipinski definition) is 3. The Hall–Kier alpha value is -1.75. The summed E-state index contributed by atoms with van der Waals surface area (Å²) in [6, 6.07) is 5.55. The molecular weight excluding hydrogens is 318 g/mol. The van der Waals surface area contributed by atoms with Crippen molar-refractivity contribution in [3.63, 3.8) is 0 Å². The molecule has 1 aromatic rings. The highest BCUT2D eigenvalue weighted by Gasteiger charge is 2.04. The zero-order valence-electron chi connectivity index (χ0n) is 15.4. The lowest BCUT2D eigenvalue weighted by molar-refractivity contribution is -0.121. The number of benzene rings is 1. The standard InChI is InChI=1S/C20H33NO4/c1-2-3-4-6-9-17-11-12-18(16-19(17)23)25-15-8-5-7-10-20(24)21-13-14-22/h11-12,16,22-23H,2-10,13-15H2,1H3,(H,21,24). The van der Waals surface area contributed by atoms with E-state index in [1.165, 1.54) is 19.3 Å². The molecule has 3 N–H and O–H groups in total. The summed E-state index contributed by atoms with van der Waals surface area (Å²) in [5.41, 5.74) is 0.984. The van der Waals surface area contributed by atoms with Crippen molar-refractivity contribution < 1.29 is 19.7 Å². The third kappa shape index (κ3) is 9.97. The first-order valence-corrected chi connectivity index (χ1v) is 9.49. The fourth-order valence-corrected chi connectivity index (χ4v) is 2.63. The van der Waals surface area contributed by atoms with Crippen molar-refractivity contribution >= 4 is 5.91 Å². The van der Waals surface area contributed by atoms with Crippen molar-refractivity contribution in [2.45, 2.75) is 64.7 Å². The van der Waals surface area contributed by atoms with Gasteiger partial charge in [0.05, 0.1) is 13.2 Å². The van der Waals surface area contributed by atoms with Crippen molar-refractivity contribution in [3.05, 3.63) is 23.8 Å².